The van der Waals surface area contributed by atoms with Gasteiger partial charge in [0.2, 0.25) is 34.9 Å². The Kier molecular flexibility index (Phi) is 8.29. The molecule has 0 aliphatic carbocycles. The SMILES string of the molecule is NC(=O)c1ccc(Cl)nc1Cl.NC(=O)c1ccc(Cl)nc1OCC(F)(F)F.OB1OCc2cc(O)ccc21.OCC(F)(F)F.[2HH].[2H][2H].[2H][2H].[2H][2H].[2H][2H].[2H][2H].[2H][2H].[2H][2H].[2H][2H].[2H][2H].[2H][2H].[2H][2H].[2H][2H].[2H][2H].[2H][2H].[2H][2H].[2H][2H].[2H][2H].[2H][2H].[2H][2H].[2H][2H].[2H][2H].[2H][2H].[2H][2H].[2H][2H].[2H][2H].[2H][2H].[2H][2H].[2H][2H].[2H][2H].[2H][2H].[2H][2H].[2H][2H].[2H][2H].[2H][2H].[2H][2H].[2H][2H].[2H][2H].[2H][2H].[2H][2H].[2H][2H].[2H][2H].[2H][2H].[2H][2H].[2H][2H].[2H][2H].[2H][2H].[2H][2H].[2H][2H].[2H][2H].[2H][2H].[2H][2H].[2H][2H].[2H][2H].[2H][2H].[2H][2H].[2H][2H].[2H][2H].[2H][2H].[2H][2H].[2H][2H].[2H][2H].[2H][2H].[C-]#[N+]c1ccc(Cl)nc1OCC(F)(F)F.[C-]#[N+]c1ccc(Oc2ccc3c(c2)COB3O)nc1OCC(F)(F)F. The van der Waals surface area contributed by atoms with Gasteiger partial charge in [0.05, 0.1) is 31.9 Å². The summed E-state index contributed by atoms with van der Waals surface area (Å²) >= 11 is 21.9. The van der Waals surface area contributed by atoms with Gasteiger partial charge in [-0.3, -0.25) is 9.59 Å². The highest BCUT2D eigenvalue weighted by molar-refractivity contribution is 6.62. The summed E-state index contributed by atoms with van der Waals surface area (Å²) in [6.07, 6.45) is -17.9. The number of aromatic hydroxyl groups is 1. The number of carbonyl (C=O) groups excluding carboxylic acids is 2. The van der Waals surface area contributed by atoms with Gasteiger partial charge in [0, 0.05) is 186 Å². The molecule has 6 aromatic rings. The van der Waals surface area contributed by atoms with Crippen molar-refractivity contribution in [1.82, 2.24) is 19.9 Å². The van der Waals surface area contributed by atoms with Crippen LogP contribution in [0.25, 0.3) is 9.69 Å². The minimum Gasteiger partial charge on any atom is -0.508 e. The van der Waals surface area contributed by atoms with E-state index in [1.54, 1.807) is 30.3 Å². The number of nitrogens with zero attached hydrogens (tertiary/aromatic N) is 6. The number of ether oxygens (including phenoxy) is 4. The zero-order valence-corrected chi connectivity index (χ0v) is 44.4. The Balaban J connectivity index is -0.0000000187. The molecule has 4 aromatic heterocycles. The zero-order valence-electron chi connectivity index (χ0n) is 165. The summed E-state index contributed by atoms with van der Waals surface area (Å²) in [5.41, 5.74) is 12.5. The van der Waals surface area contributed by atoms with Crippen LogP contribution in [0.3, 0.4) is 0 Å². The predicted octanol–water partition coefficient (Wildman–Crippen LogP) is 24.7. The molecule has 0 fully saturated rings. The van der Waals surface area contributed by atoms with Gasteiger partial charge in [-0.1, -0.05) is 58.5 Å². The molecule has 0 saturated heterocycles. The number of nitrogens with two attached hydrogens (primary N) is 2. The maximum absolute atomic E-state index is 12.3. The van der Waals surface area contributed by atoms with Gasteiger partial charge < -0.3 is 60.0 Å². The van der Waals surface area contributed by atoms with E-state index in [9.17, 15) is 67.3 Å². The van der Waals surface area contributed by atoms with Crippen molar-refractivity contribution in [1.29, 1.82) is 0 Å². The number of benzene rings is 2. The molecule has 0 radical (unpaired) electrons. The van der Waals surface area contributed by atoms with Crippen LogP contribution < -0.4 is 41.3 Å². The summed E-state index contributed by atoms with van der Waals surface area (Å²) in [6.45, 7) is 7.88. The van der Waals surface area contributed by atoms with E-state index < -0.39 is 94.8 Å². The van der Waals surface area contributed by atoms with Gasteiger partial charge in [-0.15, -0.1) is 0 Å². The molecule has 6 heterocycles. The molecule has 8 N–H and O–H groups in total. The van der Waals surface area contributed by atoms with Crippen LogP contribution in [-0.2, 0) is 22.5 Å². The van der Waals surface area contributed by atoms with Crippen LogP contribution in [0, 0.1) is 13.1 Å². The first-order chi connectivity index (χ1) is 101. The van der Waals surface area contributed by atoms with E-state index in [0.717, 1.165) is 22.7 Å². The highest BCUT2D eigenvalue weighted by atomic mass is 35.5. The molecule has 0 spiro atoms. The molecule has 0 unspecified atom stereocenters. The van der Waals surface area contributed by atoms with Crippen molar-refractivity contribution in [3.05, 3.63) is 151 Å². The first-order valence-electron chi connectivity index (χ1n) is 84.0. The van der Waals surface area contributed by atoms with Gasteiger partial charge in [0.15, 0.2) is 19.8 Å². The molecule has 574 valence electrons. The monoisotopic (exact) mass is 1530 g/mol. The van der Waals surface area contributed by atoms with Crippen LogP contribution in [0.5, 0.6) is 35.0 Å². The number of aromatic nitrogens is 4. The number of hydrogen-bond donors (Lipinski definition) is 6. The standard InChI is InChI=1S/C15H10BF3N2O4.C8H6ClF3N2O2.C8H4ClF3N2O.C7H7BO3.C6H4Cl2N2O.C2H3F3O.63H2/c1-20-12-4-5-13(21-14(12)23-8-15(17,18)19)25-10-2-3-11-9(6-10)7-24-16(11)22;9-5-2-1-4(6(13)15)7(14-5)16-3-8(10,11)12;1-13-5-2-3-6(9)14-7(5)15-4-8(10,11)12;9-6-1-2-7-5(3-6)4-11-8(7)10;7-4-2-1-3(6(9)11)5(8)10-4;3-2(4,5)1-6;;;;;;;;;;;;;;;;;;;;;;;;;;;;;;;;;;;;;;;;;;;;;;;;;;;;;;;;;;;;;;;/h2-6,22H,7-8H2;1-2H,3H2,(H2,13,15);2-3H,4H2;1-3,9-10H,4H2;1-2H,(H2,9,11);6H,1H2;63*1H/i;;;;;;62*1+1D;1+1. The van der Waals surface area contributed by atoms with E-state index in [4.69, 9.17) is 284 Å². The molecule has 20 nitrogen and oxygen atoms in total. The number of aliphatic hydroxyl groups excluding tert-OH is 1. The Bertz CT molecular complexity index is 3520. The lowest BCUT2D eigenvalue weighted by molar-refractivity contribution is -0.159. The fourth-order valence-corrected chi connectivity index (χ4v) is 6.35. The van der Waals surface area contributed by atoms with Crippen molar-refractivity contribution < 1.29 is 296 Å². The van der Waals surface area contributed by atoms with Crippen molar-refractivity contribution in [2.24, 2.45) is 11.5 Å². The third-order valence-corrected chi connectivity index (χ3v) is 10.0. The van der Waals surface area contributed by atoms with Crippen molar-refractivity contribution in [2.45, 2.75) is 37.9 Å². The second-order valence-electron chi connectivity index (χ2n) is 15.5. The second-order valence-corrected chi connectivity index (χ2v) is 17.0. The Morgan fingerprint density at radius 3 is 1.45 bits per heavy atom. The fraction of sp³-hybridized carbons (Fsp3) is 0.217. The number of rotatable bonds is 10. The van der Waals surface area contributed by atoms with Gasteiger partial charge in [0.1, 0.15) is 44.3 Å². The average Bonchev–Trinajstić information content (AvgIpc) is 1.68. The number of amides is 2. The molecule has 8 rings (SSSR count). The number of pyridine rings is 4. The van der Waals surface area contributed by atoms with Crippen LogP contribution in [-0.4, -0.2) is 117 Å². The molecular weight excluding hydrogens is 1250 g/mol. The number of primary amides is 2. The van der Waals surface area contributed by atoms with Crippen LogP contribution >= 0.6 is 46.4 Å². The lowest BCUT2D eigenvalue weighted by Gasteiger charge is -2.12. The van der Waals surface area contributed by atoms with Crippen LogP contribution in [0.15, 0.2) is 84.9 Å². The number of fused-ring (bicyclic) bond motifs is 2. The third kappa shape index (κ3) is 25.4. The lowest BCUT2D eigenvalue weighted by Crippen LogP contribution is -2.27. The number of halogens is 16. The minimum atomic E-state index is -4.54. The van der Waals surface area contributed by atoms with E-state index in [-0.39, 0.29) is 62.8 Å². The van der Waals surface area contributed by atoms with Gasteiger partial charge >= 0.3 is 38.9 Å². The zero-order chi connectivity index (χ0) is 187. The average molecular weight is 1540 g/mol. The number of hydrogen-bond acceptors (Lipinski definition) is 16. The Hall–Kier alpha value is -7.79. The van der Waals surface area contributed by atoms with Crippen molar-refractivity contribution in [3.63, 3.8) is 0 Å². The molecular formula is C46H160B2Cl4F12N8O12. The summed E-state index contributed by atoms with van der Waals surface area (Å²) in [7, 11) is -1.80. The fourth-order valence-electron chi connectivity index (χ4n) is 5.64. The van der Waals surface area contributed by atoms with Crippen LogP contribution in [0.2, 0.25) is 20.6 Å². The number of aliphatic hydroxyl groups is 1. The summed E-state index contributed by atoms with van der Waals surface area (Å²) in [5, 5.41) is 35.2. The van der Waals surface area contributed by atoms with Crippen LogP contribution in [0.1, 0.15) is 217 Å². The van der Waals surface area contributed by atoms with Gasteiger partial charge in [-0.25, -0.2) is 24.6 Å². The molecule has 0 atom stereocenters. The number of phenols is 1. The molecule has 0 saturated carbocycles. The Morgan fingerprint density at radius 1 is 0.595 bits per heavy atom. The quantitative estimate of drug-likeness (QED) is 0.0322. The maximum Gasteiger partial charge on any atom is 0.491 e. The largest absolute Gasteiger partial charge is 0.508 e. The summed E-state index contributed by atoms with van der Waals surface area (Å²) < 4.78 is 788. The van der Waals surface area contributed by atoms with Crippen molar-refractivity contribution in [2.75, 3.05) is 26.4 Å². The highest BCUT2D eigenvalue weighted by Crippen LogP contribution is 2.33. The number of carbonyl (C=O) groups is 2. The molecule has 0 bridgehead atoms. The first-order valence-corrected chi connectivity index (χ1v) is 23.5. The van der Waals surface area contributed by atoms with E-state index >= 15 is 0 Å². The maximum atomic E-state index is 12.3. The van der Waals surface area contributed by atoms with Crippen LogP contribution in [0.4, 0.5) is 64.1 Å². The van der Waals surface area contributed by atoms with E-state index in [2.05, 4.69) is 43.8 Å². The molecule has 2 aliphatic heterocycles. The van der Waals surface area contributed by atoms with Crippen molar-refractivity contribution in [3.8, 4) is 35.0 Å². The summed E-state index contributed by atoms with van der Waals surface area (Å²) in [5.74, 6) is -2.40. The minimum absolute atomic E-state index is 0. The Labute approximate surface area is 678 Å². The Morgan fingerprint density at radius 2 is 1.00 bits per heavy atom. The number of alkyl halides is 12. The number of phenolic OH excluding ortho intramolecular Hbond substituents is 1. The van der Waals surface area contributed by atoms with Crippen molar-refractivity contribution >= 4 is 94.8 Å². The molecule has 2 aromatic carbocycles. The smallest absolute Gasteiger partial charge is 0.491 e. The third-order valence-electron chi connectivity index (χ3n) is 9.12. The van der Waals surface area contributed by atoms with Gasteiger partial charge in [0.25, 0.3) is 11.8 Å². The van der Waals surface area contributed by atoms with E-state index in [0.29, 0.717) is 17.8 Å². The van der Waals surface area contributed by atoms with Gasteiger partial charge in [-0.05, 0) is 94.8 Å². The van der Waals surface area contributed by atoms with Gasteiger partial charge in [-0.2, -0.15) is 57.7 Å². The molecule has 38 heteroatoms. The normalized spacial score (nSPS) is 18.1. The predicted molar refractivity (Wildman–Crippen MR) is 407 cm³/mol. The molecule has 2 aliphatic rings. The second kappa shape index (κ2) is 31.8. The highest BCUT2D eigenvalue weighted by Gasteiger charge is 2.32. The lowest BCUT2D eigenvalue weighted by atomic mass is 9.80. The molecule has 2 amide bonds. The van der Waals surface area contributed by atoms with E-state index in [1.165, 1.54) is 48.5 Å². The van der Waals surface area contributed by atoms with E-state index in [1.807, 2.05) is 0 Å². The molecule has 84 heavy (non-hydrogen) atoms. The first kappa shape index (κ1) is 21.9. The topological polar surface area (TPSA) is 283 Å². The summed E-state index contributed by atoms with van der Waals surface area (Å²) in [6, 6.07) is 20.0. The summed E-state index contributed by atoms with van der Waals surface area (Å²) in [4.78, 5) is 41.8.